The molecule has 0 saturated heterocycles. The topological polar surface area (TPSA) is 59.4 Å². The molecule has 0 aliphatic carbocycles. The van der Waals surface area contributed by atoms with Crippen molar-refractivity contribution in [2.75, 3.05) is 0 Å². The Bertz CT molecular complexity index is 946. The molecule has 2 atom stereocenters. The van der Waals surface area contributed by atoms with Crippen LogP contribution in [0.4, 0.5) is 13.2 Å². The summed E-state index contributed by atoms with van der Waals surface area (Å²) in [5, 5.41) is 10.8. The number of carbonyl (C=O) groups is 1. The molecule has 0 spiro atoms. The Labute approximate surface area is 165 Å². The number of halogens is 3. The van der Waals surface area contributed by atoms with Gasteiger partial charge in [-0.3, -0.25) is 9.78 Å². The first kappa shape index (κ1) is 20.5. The lowest BCUT2D eigenvalue weighted by molar-refractivity contribution is -0.149. The summed E-state index contributed by atoms with van der Waals surface area (Å²) < 4.78 is 43.9. The third-order valence-electron chi connectivity index (χ3n) is 4.39. The predicted molar refractivity (Wildman–Crippen MR) is 99.6 cm³/mol. The molecule has 3 rings (SSSR count). The van der Waals surface area contributed by atoms with E-state index in [1.54, 1.807) is 48.7 Å². The van der Waals surface area contributed by atoms with Crippen molar-refractivity contribution in [1.82, 2.24) is 4.98 Å². The van der Waals surface area contributed by atoms with Crippen LogP contribution in [0.5, 0.6) is 0 Å². The van der Waals surface area contributed by atoms with E-state index >= 15 is 0 Å². The van der Waals surface area contributed by atoms with Crippen molar-refractivity contribution in [2.45, 2.75) is 24.8 Å². The maximum Gasteiger partial charge on any atom is 0.416 e. The van der Waals surface area contributed by atoms with Gasteiger partial charge in [-0.25, -0.2) is 0 Å². The summed E-state index contributed by atoms with van der Waals surface area (Å²) >= 11 is 0. The second kappa shape index (κ2) is 8.87. The molecule has 0 bridgehead atoms. The lowest BCUT2D eigenvalue weighted by atomic mass is 9.90. The van der Waals surface area contributed by atoms with Crippen LogP contribution < -0.4 is 0 Å². The summed E-state index contributed by atoms with van der Waals surface area (Å²) in [5.41, 5.74) is 0.340. The molecule has 3 aromatic rings. The molecular weight excluding hydrogens is 383 g/mol. The molecule has 1 N–H and O–H groups in total. The molecule has 0 unspecified atom stereocenters. The summed E-state index contributed by atoms with van der Waals surface area (Å²) in [6, 6.07) is 16.4. The van der Waals surface area contributed by atoms with Crippen molar-refractivity contribution in [3.63, 3.8) is 0 Å². The summed E-state index contributed by atoms with van der Waals surface area (Å²) in [4.78, 5) is 16.7. The molecular formula is C22H18F3NO3. The first-order valence-electron chi connectivity index (χ1n) is 8.82. The second-order valence-corrected chi connectivity index (χ2v) is 6.43. The van der Waals surface area contributed by atoms with E-state index in [0.29, 0.717) is 11.1 Å². The first-order chi connectivity index (χ1) is 13.9. The maximum atomic E-state index is 12.9. The number of aliphatic hydroxyl groups is 1. The van der Waals surface area contributed by atoms with Gasteiger partial charge in [-0.2, -0.15) is 13.2 Å². The molecule has 2 aromatic carbocycles. The summed E-state index contributed by atoms with van der Waals surface area (Å²) in [6.45, 7) is -0.341. The number of carbonyl (C=O) groups excluding carboxylic acids is 1. The van der Waals surface area contributed by atoms with Gasteiger partial charge in [-0.15, -0.1) is 0 Å². The van der Waals surface area contributed by atoms with Gasteiger partial charge < -0.3 is 9.84 Å². The molecule has 29 heavy (non-hydrogen) atoms. The molecule has 0 fully saturated rings. The minimum Gasteiger partial charge on any atom is -0.460 e. The molecule has 0 aliphatic heterocycles. The normalized spacial score (nSPS) is 13.5. The SMILES string of the molecule is O=C(OCc1cccc(C(F)(F)F)c1)[C@H](c1ccccc1)[C@@H](O)c1cccnc1. The number of hydrogen-bond acceptors (Lipinski definition) is 4. The molecule has 0 aliphatic rings. The van der Waals surface area contributed by atoms with Crippen LogP contribution >= 0.6 is 0 Å². The van der Waals surface area contributed by atoms with Crippen molar-refractivity contribution in [3.8, 4) is 0 Å². The zero-order chi connectivity index (χ0) is 20.9. The molecule has 7 heteroatoms. The van der Waals surface area contributed by atoms with Crippen molar-refractivity contribution in [3.05, 3.63) is 101 Å². The second-order valence-electron chi connectivity index (χ2n) is 6.43. The molecule has 0 radical (unpaired) electrons. The number of alkyl halides is 3. The van der Waals surface area contributed by atoms with Crippen LogP contribution in [0.25, 0.3) is 0 Å². The van der Waals surface area contributed by atoms with E-state index in [1.165, 1.54) is 18.3 Å². The van der Waals surface area contributed by atoms with Gasteiger partial charge in [-0.1, -0.05) is 48.5 Å². The molecule has 0 saturated carbocycles. The van der Waals surface area contributed by atoms with Crippen LogP contribution in [0, 0.1) is 0 Å². The van der Waals surface area contributed by atoms with Gasteiger partial charge >= 0.3 is 12.1 Å². The quantitative estimate of drug-likeness (QED) is 0.611. The number of benzene rings is 2. The number of aromatic nitrogens is 1. The third-order valence-corrected chi connectivity index (χ3v) is 4.39. The van der Waals surface area contributed by atoms with E-state index < -0.39 is 29.7 Å². The number of esters is 1. The average Bonchev–Trinajstić information content (AvgIpc) is 2.73. The fourth-order valence-electron chi connectivity index (χ4n) is 2.93. The van der Waals surface area contributed by atoms with Gasteiger partial charge in [0.1, 0.15) is 12.5 Å². The number of nitrogens with zero attached hydrogens (tertiary/aromatic N) is 1. The van der Waals surface area contributed by atoms with Crippen LogP contribution in [-0.2, 0) is 22.3 Å². The number of rotatable bonds is 6. The number of hydrogen-bond donors (Lipinski definition) is 1. The zero-order valence-electron chi connectivity index (χ0n) is 15.2. The minimum atomic E-state index is -4.48. The molecule has 0 amide bonds. The van der Waals surface area contributed by atoms with E-state index in [-0.39, 0.29) is 12.2 Å². The molecule has 1 heterocycles. The van der Waals surface area contributed by atoms with E-state index in [9.17, 15) is 23.1 Å². The highest BCUT2D eigenvalue weighted by atomic mass is 19.4. The largest absolute Gasteiger partial charge is 0.460 e. The van der Waals surface area contributed by atoms with Crippen LogP contribution in [0.3, 0.4) is 0 Å². The molecule has 4 nitrogen and oxygen atoms in total. The van der Waals surface area contributed by atoms with E-state index in [4.69, 9.17) is 4.74 Å². The summed E-state index contributed by atoms with van der Waals surface area (Å²) in [5.74, 6) is -1.80. The minimum absolute atomic E-state index is 0.204. The van der Waals surface area contributed by atoms with Gasteiger partial charge in [0.05, 0.1) is 11.7 Å². The average molecular weight is 401 g/mol. The molecule has 1 aromatic heterocycles. The Kier molecular flexibility index (Phi) is 6.29. The zero-order valence-corrected chi connectivity index (χ0v) is 15.2. The Hall–Kier alpha value is -3.19. The van der Waals surface area contributed by atoms with Gasteiger partial charge in [0.15, 0.2) is 0 Å². The highest BCUT2D eigenvalue weighted by Crippen LogP contribution is 2.33. The van der Waals surface area contributed by atoms with Crippen LogP contribution in [0.1, 0.15) is 34.3 Å². The molecule has 150 valence electrons. The van der Waals surface area contributed by atoms with Gasteiger partial charge in [-0.05, 0) is 29.3 Å². The highest BCUT2D eigenvalue weighted by molar-refractivity contribution is 5.79. The fraction of sp³-hybridized carbons (Fsp3) is 0.182. The van der Waals surface area contributed by atoms with E-state index in [1.807, 2.05) is 0 Å². The van der Waals surface area contributed by atoms with Gasteiger partial charge in [0, 0.05) is 18.0 Å². The maximum absolute atomic E-state index is 12.9. The van der Waals surface area contributed by atoms with Crippen molar-refractivity contribution in [2.24, 2.45) is 0 Å². The van der Waals surface area contributed by atoms with Crippen molar-refractivity contribution >= 4 is 5.97 Å². The van der Waals surface area contributed by atoms with Crippen LogP contribution in [0.15, 0.2) is 79.1 Å². The third kappa shape index (κ3) is 5.20. The monoisotopic (exact) mass is 401 g/mol. The Balaban J connectivity index is 1.81. The van der Waals surface area contributed by atoms with Crippen molar-refractivity contribution in [1.29, 1.82) is 0 Å². The number of pyridine rings is 1. The Morgan fingerprint density at radius 3 is 2.38 bits per heavy atom. The standard InChI is InChI=1S/C22H18F3NO3/c23-22(24,25)18-10-4-6-15(12-18)14-29-21(28)19(16-7-2-1-3-8-16)20(27)17-9-5-11-26-13-17/h1-13,19-20,27H,14H2/t19-,20+/m1/s1. The number of ether oxygens (including phenoxy) is 1. The lowest BCUT2D eigenvalue weighted by Crippen LogP contribution is -2.23. The fourth-order valence-corrected chi connectivity index (χ4v) is 2.93. The van der Waals surface area contributed by atoms with Crippen molar-refractivity contribution < 1.29 is 27.8 Å². The van der Waals surface area contributed by atoms with Crippen LogP contribution in [0.2, 0.25) is 0 Å². The summed E-state index contributed by atoms with van der Waals surface area (Å²) in [7, 11) is 0. The predicted octanol–water partition coefficient (Wildman–Crippen LogP) is 4.66. The van der Waals surface area contributed by atoms with E-state index in [0.717, 1.165) is 12.1 Å². The Morgan fingerprint density at radius 2 is 1.72 bits per heavy atom. The summed E-state index contributed by atoms with van der Waals surface area (Å²) in [6.07, 6.45) is -2.72. The van der Waals surface area contributed by atoms with Gasteiger partial charge in [0.25, 0.3) is 0 Å². The van der Waals surface area contributed by atoms with E-state index in [2.05, 4.69) is 4.98 Å². The Morgan fingerprint density at radius 1 is 1.00 bits per heavy atom. The first-order valence-corrected chi connectivity index (χ1v) is 8.82. The van der Waals surface area contributed by atoms with Gasteiger partial charge in [0.2, 0.25) is 0 Å². The van der Waals surface area contributed by atoms with Crippen LogP contribution in [-0.4, -0.2) is 16.1 Å². The smallest absolute Gasteiger partial charge is 0.416 e. The number of aliphatic hydroxyl groups excluding tert-OH is 1. The highest BCUT2D eigenvalue weighted by Gasteiger charge is 2.32. The lowest BCUT2D eigenvalue weighted by Gasteiger charge is -2.22.